The van der Waals surface area contributed by atoms with Gasteiger partial charge in [0.05, 0.1) is 15.9 Å². The zero-order chi connectivity index (χ0) is 20.8. The minimum Gasteiger partial charge on any atom is -0.330 e. The van der Waals surface area contributed by atoms with Crippen LogP contribution in [0.4, 0.5) is 8.78 Å². The van der Waals surface area contributed by atoms with Gasteiger partial charge < -0.3 is 4.57 Å². The van der Waals surface area contributed by atoms with E-state index in [2.05, 4.69) is 4.98 Å². The molecule has 1 heterocycles. The highest BCUT2D eigenvalue weighted by atomic mass is 35.5. The van der Waals surface area contributed by atoms with Gasteiger partial charge in [-0.1, -0.05) is 23.7 Å². The summed E-state index contributed by atoms with van der Waals surface area (Å²) < 4.78 is 57.4. The van der Waals surface area contributed by atoms with Crippen LogP contribution in [0.2, 0.25) is 5.02 Å². The highest BCUT2D eigenvalue weighted by molar-refractivity contribution is 7.91. The van der Waals surface area contributed by atoms with E-state index in [1.165, 1.54) is 24.3 Å². The van der Waals surface area contributed by atoms with Crippen molar-refractivity contribution in [3.05, 3.63) is 94.8 Å². The average Bonchev–Trinajstić information content (AvgIpc) is 3.01. The van der Waals surface area contributed by atoms with Crippen LogP contribution in [-0.2, 0) is 16.9 Å². The van der Waals surface area contributed by atoms with Crippen molar-refractivity contribution in [2.75, 3.05) is 0 Å². The summed E-state index contributed by atoms with van der Waals surface area (Å²) in [4.78, 5) is 4.37. The van der Waals surface area contributed by atoms with Crippen molar-refractivity contribution in [2.45, 2.75) is 10.1 Å². The first kappa shape index (κ1) is 19.5. The van der Waals surface area contributed by atoms with Gasteiger partial charge in [-0.05, 0) is 54.6 Å². The Bertz CT molecular complexity index is 1320. The molecule has 0 aliphatic carbocycles. The third-order valence-electron chi connectivity index (χ3n) is 4.75. The molecule has 4 nitrogen and oxygen atoms in total. The molecule has 1 unspecified atom stereocenters. The van der Waals surface area contributed by atoms with E-state index in [1.54, 1.807) is 35.9 Å². The summed E-state index contributed by atoms with van der Waals surface area (Å²) >= 11 is 5.88. The van der Waals surface area contributed by atoms with Crippen LogP contribution in [0.3, 0.4) is 0 Å². The first-order valence-electron chi connectivity index (χ1n) is 8.65. The fourth-order valence-electron chi connectivity index (χ4n) is 3.32. The smallest absolute Gasteiger partial charge is 0.192 e. The number of rotatable bonds is 4. The Morgan fingerprint density at radius 3 is 2.38 bits per heavy atom. The van der Waals surface area contributed by atoms with Crippen LogP contribution in [0.15, 0.2) is 71.6 Å². The molecule has 0 saturated heterocycles. The van der Waals surface area contributed by atoms with Crippen LogP contribution in [0.1, 0.15) is 16.6 Å². The lowest BCUT2D eigenvalue weighted by Crippen LogP contribution is -2.20. The van der Waals surface area contributed by atoms with Crippen molar-refractivity contribution in [2.24, 2.45) is 7.05 Å². The second-order valence-corrected chi connectivity index (χ2v) is 9.03. The molecule has 8 heteroatoms. The first-order valence-corrected chi connectivity index (χ1v) is 10.6. The fraction of sp³-hybridized carbons (Fsp3) is 0.0952. The Labute approximate surface area is 171 Å². The number of para-hydroxylation sites is 2. The highest BCUT2D eigenvalue weighted by Gasteiger charge is 2.36. The number of imidazole rings is 1. The zero-order valence-electron chi connectivity index (χ0n) is 15.2. The van der Waals surface area contributed by atoms with E-state index in [1.807, 2.05) is 0 Å². The molecular formula is C21H15ClF2N2O2S. The van der Waals surface area contributed by atoms with Gasteiger partial charge in [0.1, 0.15) is 17.5 Å². The summed E-state index contributed by atoms with van der Waals surface area (Å²) in [5.41, 5.74) is 0.923. The number of fused-ring (bicyclic) bond motifs is 1. The predicted molar refractivity (Wildman–Crippen MR) is 108 cm³/mol. The van der Waals surface area contributed by atoms with E-state index in [-0.39, 0.29) is 16.3 Å². The summed E-state index contributed by atoms with van der Waals surface area (Å²) in [7, 11) is -2.54. The molecule has 0 aliphatic heterocycles. The van der Waals surface area contributed by atoms with Crippen LogP contribution in [-0.4, -0.2) is 18.0 Å². The number of nitrogens with zero attached hydrogens (tertiary/aromatic N) is 2. The maximum atomic E-state index is 14.7. The number of hydrogen-bond donors (Lipinski definition) is 0. The van der Waals surface area contributed by atoms with E-state index in [0.717, 1.165) is 18.2 Å². The molecule has 0 radical (unpaired) electrons. The molecule has 0 aliphatic rings. The second-order valence-electron chi connectivity index (χ2n) is 6.56. The molecular weight excluding hydrogens is 418 g/mol. The minimum absolute atomic E-state index is 0.0670. The summed E-state index contributed by atoms with van der Waals surface area (Å²) in [6.07, 6.45) is 0. The number of hydrogen-bond acceptors (Lipinski definition) is 3. The lowest BCUT2D eigenvalue weighted by molar-refractivity contribution is 0.564. The summed E-state index contributed by atoms with van der Waals surface area (Å²) in [5, 5.41) is -1.18. The lowest BCUT2D eigenvalue weighted by Gasteiger charge is -2.19. The second kappa shape index (κ2) is 7.24. The Kier molecular flexibility index (Phi) is 4.88. The Morgan fingerprint density at radius 1 is 1.00 bits per heavy atom. The molecule has 0 amide bonds. The third-order valence-corrected chi connectivity index (χ3v) is 7.02. The molecule has 1 aromatic heterocycles. The molecule has 0 fully saturated rings. The Hall–Kier alpha value is -2.77. The molecule has 4 rings (SSSR count). The van der Waals surface area contributed by atoms with Gasteiger partial charge >= 0.3 is 0 Å². The van der Waals surface area contributed by atoms with Gasteiger partial charge in [-0.15, -0.1) is 0 Å². The van der Waals surface area contributed by atoms with Gasteiger partial charge in [-0.3, -0.25) is 0 Å². The first-order chi connectivity index (χ1) is 13.8. The van der Waals surface area contributed by atoms with Crippen LogP contribution in [0.5, 0.6) is 0 Å². The highest BCUT2D eigenvalue weighted by Crippen LogP contribution is 2.37. The van der Waals surface area contributed by atoms with Crippen molar-refractivity contribution in [1.82, 2.24) is 9.55 Å². The van der Waals surface area contributed by atoms with Gasteiger partial charge in [0.15, 0.2) is 15.1 Å². The van der Waals surface area contributed by atoms with Crippen molar-refractivity contribution in [3.63, 3.8) is 0 Å². The van der Waals surface area contributed by atoms with E-state index >= 15 is 0 Å². The number of sulfone groups is 1. The van der Waals surface area contributed by atoms with E-state index < -0.39 is 26.7 Å². The van der Waals surface area contributed by atoms with Gasteiger partial charge in [0, 0.05) is 17.6 Å². The number of aryl methyl sites for hydroxylation is 1. The molecule has 0 bridgehead atoms. The van der Waals surface area contributed by atoms with Crippen molar-refractivity contribution >= 4 is 32.5 Å². The zero-order valence-corrected chi connectivity index (χ0v) is 16.8. The third kappa shape index (κ3) is 3.41. The maximum Gasteiger partial charge on any atom is 0.192 e. The molecule has 0 N–H and O–H groups in total. The molecule has 29 heavy (non-hydrogen) atoms. The monoisotopic (exact) mass is 432 g/mol. The van der Waals surface area contributed by atoms with Crippen LogP contribution >= 0.6 is 11.6 Å². The Morgan fingerprint density at radius 2 is 1.69 bits per heavy atom. The molecule has 0 saturated carbocycles. The van der Waals surface area contributed by atoms with Crippen LogP contribution in [0.25, 0.3) is 11.0 Å². The normalized spacial score (nSPS) is 13.0. The van der Waals surface area contributed by atoms with E-state index in [4.69, 9.17) is 11.6 Å². The summed E-state index contributed by atoms with van der Waals surface area (Å²) in [6.45, 7) is 0. The summed E-state index contributed by atoms with van der Waals surface area (Å²) in [5.74, 6) is -1.48. The van der Waals surface area contributed by atoms with Crippen LogP contribution in [0, 0.1) is 11.6 Å². The molecule has 1 atom stereocenters. The molecule has 3 aromatic carbocycles. The number of halogens is 3. The maximum absolute atomic E-state index is 14.7. The lowest BCUT2D eigenvalue weighted by atomic mass is 10.1. The number of aromatic nitrogens is 2. The van der Waals surface area contributed by atoms with Gasteiger partial charge in [-0.2, -0.15) is 0 Å². The topological polar surface area (TPSA) is 52.0 Å². The van der Waals surface area contributed by atoms with E-state index in [9.17, 15) is 17.2 Å². The fourth-order valence-corrected chi connectivity index (χ4v) is 5.24. The SMILES string of the molecule is Cn1c(C(c2cc(F)ccc2F)S(=O)(=O)c2ccc(Cl)cc2)nc2ccccc21. The molecule has 148 valence electrons. The van der Waals surface area contributed by atoms with Gasteiger partial charge in [-0.25, -0.2) is 22.2 Å². The summed E-state index contributed by atoms with van der Waals surface area (Å²) in [6, 6.07) is 15.4. The molecule has 0 spiro atoms. The van der Waals surface area contributed by atoms with Gasteiger partial charge in [0.25, 0.3) is 0 Å². The minimum atomic E-state index is -4.18. The predicted octanol–water partition coefficient (Wildman–Crippen LogP) is 5.07. The van der Waals surface area contributed by atoms with Crippen molar-refractivity contribution < 1.29 is 17.2 Å². The Balaban J connectivity index is 2.03. The average molecular weight is 433 g/mol. The van der Waals surface area contributed by atoms with Crippen molar-refractivity contribution in [3.8, 4) is 0 Å². The van der Waals surface area contributed by atoms with Crippen LogP contribution < -0.4 is 0 Å². The van der Waals surface area contributed by atoms with Crippen molar-refractivity contribution in [1.29, 1.82) is 0 Å². The quantitative estimate of drug-likeness (QED) is 0.452. The van der Waals surface area contributed by atoms with Gasteiger partial charge in [0.2, 0.25) is 0 Å². The standard InChI is InChI=1S/C21H15ClF2N2O2S/c1-26-19-5-3-2-4-18(19)25-21(26)20(16-12-14(23)8-11-17(16)24)29(27,28)15-9-6-13(22)7-10-15/h2-12,20H,1H3. The largest absolute Gasteiger partial charge is 0.330 e. The number of benzene rings is 3. The van der Waals surface area contributed by atoms with E-state index in [0.29, 0.717) is 16.1 Å². The molecule has 4 aromatic rings.